The summed E-state index contributed by atoms with van der Waals surface area (Å²) in [7, 11) is 0. The molecule has 3 aliphatic rings. The molecule has 0 atom stereocenters. The number of nitrogens with one attached hydrogen (secondary N) is 1. The van der Waals surface area contributed by atoms with Gasteiger partial charge in [0.1, 0.15) is 0 Å². The molecular weight excluding hydrogens is 340 g/mol. The van der Waals surface area contributed by atoms with Gasteiger partial charge in [-0.3, -0.25) is 0 Å². The summed E-state index contributed by atoms with van der Waals surface area (Å²) in [5.41, 5.74) is 5.48. The summed E-state index contributed by atoms with van der Waals surface area (Å²) in [6, 6.07) is 4.30. The zero-order valence-corrected chi connectivity index (χ0v) is 17.4. The molecule has 0 unspecified atom stereocenters. The molecule has 0 spiro atoms. The van der Waals surface area contributed by atoms with Gasteiger partial charge in [0.15, 0.2) is 0 Å². The molecule has 3 heteroatoms. The number of fused-ring (bicyclic) bond motifs is 4. The van der Waals surface area contributed by atoms with Crippen LogP contribution in [0.5, 0.6) is 0 Å². The van der Waals surface area contributed by atoms with Crippen molar-refractivity contribution in [2.45, 2.75) is 59.3 Å². The fraction of sp³-hybridized carbons (Fsp3) is 0.565. The van der Waals surface area contributed by atoms with Crippen LogP contribution in [0.25, 0.3) is 16.5 Å². The van der Waals surface area contributed by atoms with E-state index in [0.29, 0.717) is 5.41 Å². The number of aromatic amines is 1. The molecule has 4 heterocycles. The van der Waals surface area contributed by atoms with Crippen molar-refractivity contribution in [3.8, 4) is 0 Å². The zero-order chi connectivity index (χ0) is 18.7. The number of H-pyrrole nitrogens is 1. The minimum Gasteiger partial charge on any atom is -0.361 e. The molecule has 142 valence electrons. The van der Waals surface area contributed by atoms with Gasteiger partial charge in [-0.2, -0.15) is 0 Å². The number of aryl methyl sites for hydroxylation is 1. The fourth-order valence-electron chi connectivity index (χ4n) is 4.57. The minimum absolute atomic E-state index is 0.585. The van der Waals surface area contributed by atoms with E-state index in [1.807, 2.05) is 13.8 Å². The molecule has 0 amide bonds. The Morgan fingerprint density at radius 2 is 1.85 bits per heavy atom. The van der Waals surface area contributed by atoms with Crippen LogP contribution in [-0.2, 0) is 6.42 Å². The number of hydrogen-bond donors (Lipinski definition) is 1. The lowest BCUT2D eigenvalue weighted by atomic mass is 9.68. The Morgan fingerprint density at radius 3 is 2.46 bits per heavy atom. The van der Waals surface area contributed by atoms with Gasteiger partial charge in [-0.1, -0.05) is 39.0 Å². The summed E-state index contributed by atoms with van der Waals surface area (Å²) in [5.74, 6) is 0. The van der Waals surface area contributed by atoms with Crippen molar-refractivity contribution >= 4 is 28.1 Å². The molecule has 1 aromatic heterocycles. The molecule has 0 aliphatic carbocycles. The monoisotopic (exact) mass is 372 g/mol. The summed E-state index contributed by atoms with van der Waals surface area (Å²) in [6.45, 7) is 14.5. The Morgan fingerprint density at radius 1 is 1.19 bits per heavy atom. The summed E-state index contributed by atoms with van der Waals surface area (Å²) in [6.07, 6.45) is 9.62. The Bertz CT molecular complexity index is 752. The molecule has 0 saturated carbocycles. The van der Waals surface area contributed by atoms with Crippen LogP contribution < -0.4 is 0 Å². The highest BCUT2D eigenvalue weighted by Crippen LogP contribution is 2.45. The van der Waals surface area contributed by atoms with Crippen molar-refractivity contribution in [2.75, 3.05) is 19.6 Å². The molecule has 26 heavy (non-hydrogen) atoms. The zero-order valence-electron chi connectivity index (χ0n) is 16.6. The minimum atomic E-state index is 0.585. The number of rotatable bonds is 5. The number of benzene rings is 1. The number of halogens is 1. The first kappa shape index (κ1) is 19.5. The summed E-state index contributed by atoms with van der Waals surface area (Å²) in [4.78, 5) is 6.00. The number of allylic oxidation sites excluding steroid dienone is 1. The average Bonchev–Trinajstić information content (AvgIpc) is 3.11. The molecule has 3 aliphatic heterocycles. The van der Waals surface area contributed by atoms with E-state index in [1.54, 1.807) is 0 Å². The highest BCUT2D eigenvalue weighted by atomic mass is 35.5. The van der Waals surface area contributed by atoms with Crippen LogP contribution in [0.15, 0.2) is 24.9 Å². The lowest BCUT2D eigenvalue weighted by Gasteiger charge is -2.48. The molecule has 2 nitrogen and oxygen atoms in total. The van der Waals surface area contributed by atoms with Gasteiger partial charge < -0.3 is 9.88 Å². The van der Waals surface area contributed by atoms with E-state index in [1.165, 1.54) is 67.4 Å². The lowest BCUT2D eigenvalue weighted by molar-refractivity contribution is 0.0211. The van der Waals surface area contributed by atoms with Gasteiger partial charge >= 0.3 is 0 Å². The van der Waals surface area contributed by atoms with Gasteiger partial charge in [0.25, 0.3) is 0 Å². The normalized spacial score (nSPS) is 24.4. The Kier molecular flexibility index (Phi) is 6.14. The average molecular weight is 373 g/mol. The van der Waals surface area contributed by atoms with E-state index in [9.17, 15) is 0 Å². The van der Waals surface area contributed by atoms with Crippen molar-refractivity contribution < 1.29 is 0 Å². The van der Waals surface area contributed by atoms with Crippen LogP contribution >= 0.6 is 11.6 Å². The van der Waals surface area contributed by atoms with Gasteiger partial charge in [-0.25, -0.2) is 0 Å². The van der Waals surface area contributed by atoms with Crippen LogP contribution in [0, 0.1) is 5.41 Å². The number of piperidine rings is 3. The first-order valence-electron chi connectivity index (χ1n) is 10.3. The second kappa shape index (κ2) is 8.19. The number of hydrogen-bond acceptors (Lipinski definition) is 1. The largest absolute Gasteiger partial charge is 0.361 e. The van der Waals surface area contributed by atoms with Crippen LogP contribution in [0.4, 0.5) is 0 Å². The van der Waals surface area contributed by atoms with E-state index >= 15 is 0 Å². The predicted octanol–water partition coefficient (Wildman–Crippen LogP) is 6.69. The van der Waals surface area contributed by atoms with Gasteiger partial charge in [-0.05, 0) is 86.8 Å². The van der Waals surface area contributed by atoms with E-state index in [2.05, 4.69) is 41.7 Å². The van der Waals surface area contributed by atoms with Crippen molar-refractivity contribution in [3.63, 3.8) is 0 Å². The summed E-state index contributed by atoms with van der Waals surface area (Å²) >= 11 is 6.35. The fourth-order valence-corrected chi connectivity index (χ4v) is 4.87. The Hall–Kier alpha value is -1.25. The first-order chi connectivity index (χ1) is 12.6. The highest BCUT2D eigenvalue weighted by Gasteiger charge is 2.38. The van der Waals surface area contributed by atoms with E-state index in [-0.39, 0.29) is 0 Å². The molecular formula is C23H33ClN2. The van der Waals surface area contributed by atoms with Gasteiger partial charge in [0.05, 0.1) is 0 Å². The van der Waals surface area contributed by atoms with Gasteiger partial charge in [0.2, 0.25) is 0 Å². The van der Waals surface area contributed by atoms with Gasteiger partial charge in [0, 0.05) is 27.7 Å². The molecule has 2 bridgehead atoms. The number of nitrogens with zero attached hydrogens (tertiary/aromatic N) is 1. The standard InChI is InChI=1S/C21H27ClN2.C2H6/c1-3-16-12-17-18(14-23-20(17)13-19(16)22)15(2)4-5-21-6-9-24(10-7-21)11-8-21;1-2/h12-14,23H,2-11H2,1H3;1-2H3. The maximum absolute atomic E-state index is 6.35. The lowest BCUT2D eigenvalue weighted by Crippen LogP contribution is -2.48. The molecule has 3 fully saturated rings. The maximum Gasteiger partial charge on any atom is 0.0475 e. The molecule has 0 radical (unpaired) electrons. The number of aromatic nitrogens is 1. The van der Waals surface area contributed by atoms with E-state index in [0.717, 1.165) is 23.4 Å². The molecule has 1 N–H and O–H groups in total. The van der Waals surface area contributed by atoms with E-state index < -0.39 is 0 Å². The second-order valence-corrected chi connectivity index (χ2v) is 8.15. The van der Waals surface area contributed by atoms with Crippen molar-refractivity contribution in [3.05, 3.63) is 41.1 Å². The van der Waals surface area contributed by atoms with E-state index in [4.69, 9.17) is 11.6 Å². The van der Waals surface area contributed by atoms with Gasteiger partial charge in [-0.15, -0.1) is 0 Å². The Balaban J connectivity index is 0.000000948. The SMILES string of the molecule is C=C(CCC12CCN(CC1)CC2)c1c[nH]c2cc(Cl)c(CC)cc12.CC. The summed E-state index contributed by atoms with van der Waals surface area (Å²) < 4.78 is 0. The smallest absolute Gasteiger partial charge is 0.0475 e. The van der Waals surface area contributed by atoms with Crippen LogP contribution in [-0.4, -0.2) is 29.5 Å². The molecule has 2 aromatic rings. The quantitative estimate of drug-likeness (QED) is 0.619. The van der Waals surface area contributed by atoms with Crippen LogP contribution in [0.2, 0.25) is 5.02 Å². The van der Waals surface area contributed by atoms with Crippen molar-refractivity contribution in [1.82, 2.24) is 9.88 Å². The van der Waals surface area contributed by atoms with Crippen LogP contribution in [0.1, 0.15) is 64.0 Å². The molecule has 5 rings (SSSR count). The predicted molar refractivity (Wildman–Crippen MR) is 115 cm³/mol. The third-order valence-electron chi connectivity index (χ3n) is 6.44. The highest BCUT2D eigenvalue weighted by molar-refractivity contribution is 6.32. The molecule has 1 aromatic carbocycles. The first-order valence-corrected chi connectivity index (χ1v) is 10.7. The second-order valence-electron chi connectivity index (χ2n) is 7.74. The summed E-state index contributed by atoms with van der Waals surface area (Å²) in [5, 5.41) is 2.13. The van der Waals surface area contributed by atoms with Crippen molar-refractivity contribution in [1.29, 1.82) is 0 Å². The van der Waals surface area contributed by atoms with Crippen molar-refractivity contribution in [2.24, 2.45) is 5.41 Å². The molecule has 3 saturated heterocycles. The Labute approximate surface area is 163 Å². The maximum atomic E-state index is 6.35. The van der Waals surface area contributed by atoms with Crippen LogP contribution in [0.3, 0.4) is 0 Å². The topological polar surface area (TPSA) is 19.0 Å². The third kappa shape index (κ3) is 3.73. The third-order valence-corrected chi connectivity index (χ3v) is 6.79.